The molecule has 0 unspecified atom stereocenters. The molecule has 0 spiro atoms. The first-order valence-electron chi connectivity index (χ1n) is 4.53. The van der Waals surface area contributed by atoms with E-state index in [0.29, 0.717) is 11.8 Å². The summed E-state index contributed by atoms with van der Waals surface area (Å²) in [5, 5.41) is 0.438. The van der Waals surface area contributed by atoms with Gasteiger partial charge in [0.2, 0.25) is 5.82 Å². The highest BCUT2D eigenvalue weighted by Crippen LogP contribution is 2.15. The second-order valence-electron chi connectivity index (χ2n) is 2.91. The number of carbonyl (C=O) groups is 1. The summed E-state index contributed by atoms with van der Waals surface area (Å²) in [6.45, 7) is 2.06. The van der Waals surface area contributed by atoms with Gasteiger partial charge < -0.3 is 4.74 Å². The van der Waals surface area contributed by atoms with Crippen LogP contribution in [0.3, 0.4) is 0 Å². The number of esters is 1. The summed E-state index contributed by atoms with van der Waals surface area (Å²) in [4.78, 5) is 15.5. The van der Waals surface area contributed by atoms with Gasteiger partial charge in [0, 0.05) is 0 Å². The van der Waals surface area contributed by atoms with E-state index in [0.717, 1.165) is 5.52 Å². The van der Waals surface area contributed by atoms with E-state index >= 15 is 0 Å². The Bertz CT molecular complexity index is 507. The molecule has 0 amide bonds. The first-order valence-corrected chi connectivity index (χ1v) is 4.91. The summed E-state index contributed by atoms with van der Waals surface area (Å²) >= 11 is 5.96. The Morgan fingerprint density at radius 2 is 2.40 bits per heavy atom. The average molecular weight is 225 g/mol. The van der Waals surface area contributed by atoms with Crippen LogP contribution >= 0.6 is 11.6 Å². The molecule has 0 atom stereocenters. The number of rotatable bonds is 2. The van der Waals surface area contributed by atoms with Gasteiger partial charge in [0.15, 0.2) is 0 Å². The van der Waals surface area contributed by atoms with Gasteiger partial charge in [0.1, 0.15) is 5.15 Å². The Balaban J connectivity index is 2.57. The summed E-state index contributed by atoms with van der Waals surface area (Å²) in [5.41, 5.74) is 0.769. The molecule has 78 valence electrons. The van der Waals surface area contributed by atoms with Crippen LogP contribution in [0.25, 0.3) is 5.52 Å². The third-order valence-electron chi connectivity index (χ3n) is 1.96. The van der Waals surface area contributed by atoms with E-state index in [9.17, 15) is 4.79 Å². The van der Waals surface area contributed by atoms with E-state index in [1.54, 1.807) is 29.7 Å². The monoisotopic (exact) mass is 224 g/mol. The molecule has 2 aromatic rings. The van der Waals surface area contributed by atoms with E-state index in [4.69, 9.17) is 16.3 Å². The number of fused-ring (bicyclic) bond motifs is 1. The van der Waals surface area contributed by atoms with Crippen LogP contribution < -0.4 is 0 Å². The Morgan fingerprint density at radius 3 is 3.13 bits per heavy atom. The second-order valence-corrected chi connectivity index (χ2v) is 3.30. The van der Waals surface area contributed by atoms with Crippen molar-refractivity contribution in [3.63, 3.8) is 0 Å². The Hall–Kier alpha value is -1.55. The lowest BCUT2D eigenvalue weighted by molar-refractivity contribution is 0.0511. The molecule has 15 heavy (non-hydrogen) atoms. The molecule has 0 N–H and O–H groups in total. The van der Waals surface area contributed by atoms with Crippen molar-refractivity contribution >= 4 is 23.1 Å². The van der Waals surface area contributed by atoms with Crippen LogP contribution in [0.1, 0.15) is 17.5 Å². The summed E-state index contributed by atoms with van der Waals surface area (Å²) in [5.74, 6) is -0.261. The average Bonchev–Trinajstić information content (AvgIpc) is 2.63. The molecule has 0 aliphatic rings. The lowest BCUT2D eigenvalue weighted by Gasteiger charge is -2.02. The molecule has 0 radical (unpaired) electrons. The number of imidazole rings is 1. The van der Waals surface area contributed by atoms with Gasteiger partial charge in [-0.1, -0.05) is 17.7 Å². The fourth-order valence-electron chi connectivity index (χ4n) is 1.35. The van der Waals surface area contributed by atoms with Crippen molar-refractivity contribution in [3.8, 4) is 0 Å². The Morgan fingerprint density at radius 1 is 1.60 bits per heavy atom. The van der Waals surface area contributed by atoms with Crippen LogP contribution in [0, 0.1) is 0 Å². The Kier molecular flexibility index (Phi) is 2.60. The first-order chi connectivity index (χ1) is 7.24. The highest BCUT2D eigenvalue weighted by molar-refractivity contribution is 6.30. The van der Waals surface area contributed by atoms with Crippen molar-refractivity contribution in [1.82, 2.24) is 9.38 Å². The highest BCUT2D eigenvalue weighted by atomic mass is 35.5. The minimum atomic E-state index is -0.467. The maximum atomic E-state index is 11.5. The number of hydrogen-bond acceptors (Lipinski definition) is 3. The summed E-state index contributed by atoms with van der Waals surface area (Å²) in [7, 11) is 0. The molecule has 5 heteroatoms. The molecule has 2 aromatic heterocycles. The van der Waals surface area contributed by atoms with E-state index < -0.39 is 5.97 Å². The van der Waals surface area contributed by atoms with Gasteiger partial charge in [-0.3, -0.25) is 4.40 Å². The van der Waals surface area contributed by atoms with Crippen LogP contribution in [0.4, 0.5) is 0 Å². The van der Waals surface area contributed by atoms with Gasteiger partial charge in [-0.15, -0.1) is 0 Å². The van der Waals surface area contributed by atoms with Crippen molar-refractivity contribution < 1.29 is 9.53 Å². The minimum absolute atomic E-state index is 0.206. The number of aromatic nitrogens is 2. The van der Waals surface area contributed by atoms with Crippen molar-refractivity contribution in [3.05, 3.63) is 35.4 Å². The SMILES string of the molecule is CCOC(=O)c1ncc2cccc(Cl)n12. The fourth-order valence-corrected chi connectivity index (χ4v) is 1.60. The van der Waals surface area contributed by atoms with Crippen molar-refractivity contribution in [2.45, 2.75) is 6.92 Å². The fraction of sp³-hybridized carbons (Fsp3) is 0.200. The van der Waals surface area contributed by atoms with E-state index in [2.05, 4.69) is 4.98 Å². The van der Waals surface area contributed by atoms with Gasteiger partial charge in [0.25, 0.3) is 0 Å². The zero-order valence-corrected chi connectivity index (χ0v) is 8.86. The molecule has 0 fully saturated rings. The zero-order valence-electron chi connectivity index (χ0n) is 8.11. The molecule has 2 heterocycles. The quantitative estimate of drug-likeness (QED) is 0.580. The Labute approximate surface area is 91.4 Å². The topological polar surface area (TPSA) is 43.6 Å². The second kappa shape index (κ2) is 3.90. The summed E-state index contributed by atoms with van der Waals surface area (Å²) in [6, 6.07) is 5.31. The molecule has 0 aliphatic heterocycles. The van der Waals surface area contributed by atoms with Gasteiger partial charge in [-0.05, 0) is 19.1 Å². The smallest absolute Gasteiger partial charge is 0.374 e. The third-order valence-corrected chi connectivity index (χ3v) is 2.26. The maximum absolute atomic E-state index is 11.5. The van der Waals surface area contributed by atoms with Crippen LogP contribution in [0.2, 0.25) is 5.15 Å². The third kappa shape index (κ3) is 1.68. The predicted octanol–water partition coefficient (Wildman–Crippen LogP) is 2.16. The molecular weight excluding hydrogens is 216 g/mol. The molecular formula is C10H9ClN2O2. The molecule has 0 saturated carbocycles. The molecule has 4 nitrogen and oxygen atoms in total. The van der Waals surface area contributed by atoms with Crippen molar-refractivity contribution in [1.29, 1.82) is 0 Å². The van der Waals surface area contributed by atoms with Gasteiger partial charge in [-0.2, -0.15) is 0 Å². The number of carbonyl (C=O) groups excluding carboxylic acids is 1. The predicted molar refractivity (Wildman–Crippen MR) is 56.2 cm³/mol. The summed E-state index contributed by atoms with van der Waals surface area (Å²) < 4.78 is 6.42. The molecule has 0 bridgehead atoms. The number of hydrogen-bond donors (Lipinski definition) is 0. The number of nitrogens with zero attached hydrogens (tertiary/aromatic N) is 2. The van der Waals surface area contributed by atoms with Gasteiger partial charge >= 0.3 is 5.97 Å². The van der Waals surface area contributed by atoms with Crippen LogP contribution in [0.5, 0.6) is 0 Å². The van der Waals surface area contributed by atoms with Crippen LogP contribution in [0.15, 0.2) is 24.4 Å². The van der Waals surface area contributed by atoms with E-state index in [1.165, 1.54) is 0 Å². The molecule has 0 saturated heterocycles. The zero-order chi connectivity index (χ0) is 10.8. The maximum Gasteiger partial charge on any atom is 0.374 e. The normalized spacial score (nSPS) is 10.5. The number of pyridine rings is 1. The number of ether oxygens (including phenoxy) is 1. The van der Waals surface area contributed by atoms with Crippen molar-refractivity contribution in [2.24, 2.45) is 0 Å². The first kappa shape index (κ1) is 9.98. The van der Waals surface area contributed by atoms with E-state index in [1.807, 2.05) is 6.07 Å². The van der Waals surface area contributed by atoms with Gasteiger partial charge in [-0.25, -0.2) is 9.78 Å². The van der Waals surface area contributed by atoms with Crippen LogP contribution in [-0.2, 0) is 4.74 Å². The molecule has 0 aliphatic carbocycles. The molecule has 2 rings (SSSR count). The summed E-state index contributed by atoms with van der Waals surface area (Å²) in [6.07, 6.45) is 1.58. The standard InChI is InChI=1S/C10H9ClN2O2/c1-2-15-10(14)9-12-6-7-4-3-5-8(11)13(7)9/h3-6H,2H2,1H3. The van der Waals surface area contributed by atoms with Gasteiger partial charge in [0.05, 0.1) is 18.3 Å². The lowest BCUT2D eigenvalue weighted by Crippen LogP contribution is -2.09. The highest BCUT2D eigenvalue weighted by Gasteiger charge is 2.15. The number of halogens is 1. The lowest BCUT2D eigenvalue weighted by atomic mass is 10.4. The van der Waals surface area contributed by atoms with E-state index in [-0.39, 0.29) is 5.82 Å². The minimum Gasteiger partial charge on any atom is -0.460 e. The van der Waals surface area contributed by atoms with Crippen molar-refractivity contribution in [2.75, 3.05) is 6.61 Å². The van der Waals surface area contributed by atoms with Crippen LogP contribution in [-0.4, -0.2) is 22.0 Å². The largest absolute Gasteiger partial charge is 0.460 e. The molecule has 0 aromatic carbocycles.